The molecule has 6 N–H and O–H groups in total. The first kappa shape index (κ1) is 17.9. The van der Waals surface area contributed by atoms with Crippen molar-refractivity contribution in [2.45, 2.75) is 25.4 Å². The Balaban J connectivity index is 2.86. The van der Waals surface area contributed by atoms with Gasteiger partial charge in [-0.1, -0.05) is 6.07 Å². The highest BCUT2D eigenvalue weighted by molar-refractivity contribution is 7.74. The van der Waals surface area contributed by atoms with Crippen LogP contribution in [0.4, 0.5) is 0 Å². The number of aliphatic carboxylic acids is 1. The number of aromatic hydroxyl groups is 1. The van der Waals surface area contributed by atoms with E-state index in [1.807, 2.05) is 0 Å². The second-order valence-corrected chi connectivity index (χ2v) is 5.10. The molecule has 0 aliphatic rings. The first-order chi connectivity index (χ1) is 10.2. The van der Waals surface area contributed by atoms with Crippen LogP contribution in [0.25, 0.3) is 0 Å². The van der Waals surface area contributed by atoms with Gasteiger partial charge in [-0.05, 0) is 24.6 Å². The lowest BCUT2D eigenvalue weighted by Crippen LogP contribution is -2.48. The number of hydrogen-bond donors (Lipinski definition) is 5. The maximum atomic E-state index is 11.5. The van der Waals surface area contributed by atoms with Gasteiger partial charge in [0, 0.05) is 6.42 Å². The molecule has 22 heavy (non-hydrogen) atoms. The lowest BCUT2D eigenvalue weighted by molar-refractivity contribution is -0.141. The standard InChI is InChI=1S/C12H16N2O7S/c1-6(13)11(16)14-8(12(17)18)4-7-2-3-10(9(15)5-7)21-22(19)20/h2-3,5-6,8,15H,4,13H2,1H3,(H,14,16)(H,17,18)(H,19,20)/t6-,8-/m0/s1. The average molecular weight is 332 g/mol. The number of nitrogens with one attached hydrogen (secondary N) is 1. The Morgan fingerprint density at radius 1 is 1.45 bits per heavy atom. The summed E-state index contributed by atoms with van der Waals surface area (Å²) < 4.78 is 23.5. The number of phenolic OH excluding ortho intramolecular Hbond substituents is 1. The highest BCUT2D eigenvalue weighted by Crippen LogP contribution is 2.27. The minimum Gasteiger partial charge on any atom is -0.504 e. The summed E-state index contributed by atoms with van der Waals surface area (Å²) in [5.74, 6) is -2.53. The van der Waals surface area contributed by atoms with E-state index in [1.165, 1.54) is 25.1 Å². The number of phenols is 1. The fourth-order valence-corrected chi connectivity index (χ4v) is 1.87. The predicted octanol–water partition coefficient (Wildman–Crippen LogP) is -0.633. The normalized spacial score (nSPS) is 14.7. The summed E-state index contributed by atoms with van der Waals surface area (Å²) in [6, 6.07) is 1.71. The van der Waals surface area contributed by atoms with Crippen LogP contribution in [0.5, 0.6) is 11.5 Å². The van der Waals surface area contributed by atoms with Crippen molar-refractivity contribution in [3.05, 3.63) is 23.8 Å². The summed E-state index contributed by atoms with van der Waals surface area (Å²) in [6.07, 6.45) is -0.107. The van der Waals surface area contributed by atoms with Gasteiger partial charge in [0.25, 0.3) is 0 Å². The third-order valence-corrected chi connectivity index (χ3v) is 2.97. The van der Waals surface area contributed by atoms with Crippen molar-refractivity contribution in [1.29, 1.82) is 0 Å². The summed E-state index contributed by atoms with van der Waals surface area (Å²) in [5.41, 5.74) is 5.73. The topological polar surface area (TPSA) is 159 Å². The first-order valence-corrected chi connectivity index (χ1v) is 7.13. The highest BCUT2D eigenvalue weighted by Gasteiger charge is 2.22. The molecule has 0 saturated carbocycles. The largest absolute Gasteiger partial charge is 0.504 e. The van der Waals surface area contributed by atoms with Crippen LogP contribution >= 0.6 is 0 Å². The number of nitrogens with two attached hydrogens (primary N) is 1. The third-order valence-electron chi connectivity index (χ3n) is 2.65. The molecule has 0 saturated heterocycles. The maximum absolute atomic E-state index is 11.5. The van der Waals surface area contributed by atoms with E-state index in [9.17, 15) is 18.9 Å². The van der Waals surface area contributed by atoms with Gasteiger partial charge in [-0.25, -0.2) is 4.79 Å². The quantitative estimate of drug-likeness (QED) is 0.412. The molecule has 0 aliphatic heterocycles. The Labute approximate surface area is 128 Å². The number of benzene rings is 1. The van der Waals surface area contributed by atoms with Gasteiger partial charge in [-0.2, -0.15) is 4.21 Å². The van der Waals surface area contributed by atoms with E-state index in [1.54, 1.807) is 0 Å². The molecule has 0 heterocycles. The zero-order valence-electron chi connectivity index (χ0n) is 11.6. The molecule has 1 aromatic rings. The molecule has 9 nitrogen and oxygen atoms in total. The second kappa shape index (κ2) is 7.73. The molecular weight excluding hydrogens is 316 g/mol. The summed E-state index contributed by atoms with van der Waals surface area (Å²) in [7, 11) is 0. The van der Waals surface area contributed by atoms with E-state index in [-0.39, 0.29) is 12.2 Å². The van der Waals surface area contributed by atoms with Crippen LogP contribution in [0.15, 0.2) is 18.2 Å². The van der Waals surface area contributed by atoms with Crippen LogP contribution in [0, 0.1) is 0 Å². The lowest BCUT2D eigenvalue weighted by atomic mass is 10.0. The van der Waals surface area contributed by atoms with Crippen molar-refractivity contribution in [1.82, 2.24) is 5.32 Å². The first-order valence-electron chi connectivity index (χ1n) is 6.10. The number of carbonyl (C=O) groups is 2. The Bertz CT molecular complexity index is 591. The molecule has 0 spiro atoms. The molecule has 1 unspecified atom stereocenters. The fraction of sp³-hybridized carbons (Fsp3) is 0.333. The van der Waals surface area contributed by atoms with E-state index in [2.05, 4.69) is 9.50 Å². The van der Waals surface area contributed by atoms with Gasteiger partial charge in [0.2, 0.25) is 5.91 Å². The van der Waals surface area contributed by atoms with E-state index in [0.29, 0.717) is 5.56 Å². The zero-order chi connectivity index (χ0) is 16.9. The van der Waals surface area contributed by atoms with Crippen molar-refractivity contribution in [2.24, 2.45) is 5.73 Å². The van der Waals surface area contributed by atoms with E-state index < -0.39 is 41.1 Å². The fourth-order valence-electron chi connectivity index (χ4n) is 1.58. The minimum atomic E-state index is -2.59. The number of hydrogen-bond acceptors (Lipinski definition) is 6. The van der Waals surface area contributed by atoms with Gasteiger partial charge in [-0.3, -0.25) is 9.35 Å². The molecule has 0 fully saturated rings. The Morgan fingerprint density at radius 3 is 2.55 bits per heavy atom. The van der Waals surface area contributed by atoms with Gasteiger partial charge in [0.05, 0.1) is 6.04 Å². The Morgan fingerprint density at radius 2 is 2.09 bits per heavy atom. The molecule has 3 atom stereocenters. The summed E-state index contributed by atoms with van der Waals surface area (Å²) in [6.45, 7) is 1.42. The van der Waals surface area contributed by atoms with Gasteiger partial charge in [0.1, 0.15) is 6.04 Å². The van der Waals surface area contributed by atoms with Crippen LogP contribution in [0.1, 0.15) is 12.5 Å². The average Bonchev–Trinajstić information content (AvgIpc) is 2.40. The second-order valence-electron chi connectivity index (χ2n) is 4.49. The van der Waals surface area contributed by atoms with Crippen molar-refractivity contribution in [3.8, 4) is 11.5 Å². The number of rotatable bonds is 7. The monoisotopic (exact) mass is 332 g/mol. The number of amides is 1. The van der Waals surface area contributed by atoms with Crippen LogP contribution in [-0.4, -0.2) is 42.9 Å². The van der Waals surface area contributed by atoms with Crippen molar-refractivity contribution < 1.29 is 32.7 Å². The lowest BCUT2D eigenvalue weighted by Gasteiger charge is -2.16. The number of carboxylic acids is 1. The molecule has 0 radical (unpaired) electrons. The Kier molecular flexibility index (Phi) is 6.28. The summed E-state index contributed by atoms with van der Waals surface area (Å²) in [4.78, 5) is 22.6. The predicted molar refractivity (Wildman–Crippen MR) is 76.4 cm³/mol. The highest BCUT2D eigenvalue weighted by atomic mass is 32.2. The molecule has 1 aromatic carbocycles. The van der Waals surface area contributed by atoms with Gasteiger partial charge >= 0.3 is 17.3 Å². The SMILES string of the molecule is C[C@H](N)C(=O)N[C@@H](Cc1ccc(OS(=O)O)c(O)c1)C(=O)O. The summed E-state index contributed by atoms with van der Waals surface area (Å²) >= 11 is -2.59. The number of carboxylic acid groups (broad SMARTS) is 1. The van der Waals surface area contributed by atoms with E-state index in [0.717, 1.165) is 0 Å². The number of carbonyl (C=O) groups excluding carboxylic acids is 1. The van der Waals surface area contributed by atoms with Crippen molar-refractivity contribution in [2.75, 3.05) is 0 Å². The van der Waals surface area contributed by atoms with E-state index in [4.69, 9.17) is 15.4 Å². The van der Waals surface area contributed by atoms with E-state index >= 15 is 0 Å². The molecular formula is C12H16N2O7S. The molecule has 1 amide bonds. The van der Waals surface area contributed by atoms with Crippen LogP contribution in [0.3, 0.4) is 0 Å². The minimum absolute atomic E-state index is 0.107. The smallest absolute Gasteiger partial charge is 0.357 e. The zero-order valence-corrected chi connectivity index (χ0v) is 12.4. The van der Waals surface area contributed by atoms with Gasteiger partial charge in [-0.15, -0.1) is 0 Å². The van der Waals surface area contributed by atoms with Crippen LogP contribution in [0.2, 0.25) is 0 Å². The summed E-state index contributed by atoms with van der Waals surface area (Å²) in [5, 5.41) is 21.0. The molecule has 0 aromatic heterocycles. The third kappa shape index (κ3) is 5.31. The van der Waals surface area contributed by atoms with Crippen LogP contribution < -0.4 is 15.2 Å². The molecule has 1 rings (SSSR count). The van der Waals surface area contributed by atoms with Gasteiger partial charge < -0.3 is 25.4 Å². The molecule has 10 heteroatoms. The van der Waals surface area contributed by atoms with Crippen molar-refractivity contribution >= 4 is 23.2 Å². The maximum Gasteiger partial charge on any atom is 0.357 e. The van der Waals surface area contributed by atoms with Gasteiger partial charge in [0.15, 0.2) is 11.5 Å². The molecule has 0 bridgehead atoms. The Hall–Kier alpha value is -2.17. The molecule has 0 aliphatic carbocycles. The van der Waals surface area contributed by atoms with Crippen LogP contribution in [-0.2, 0) is 27.4 Å². The van der Waals surface area contributed by atoms with Crippen molar-refractivity contribution in [3.63, 3.8) is 0 Å². The molecule has 122 valence electrons.